The van der Waals surface area contributed by atoms with E-state index >= 15 is 0 Å². The number of hydrogen-bond acceptors (Lipinski definition) is 4. The molecule has 0 unspecified atom stereocenters. The van der Waals surface area contributed by atoms with Crippen LogP contribution in [0.2, 0.25) is 0 Å². The Morgan fingerprint density at radius 3 is 2.36 bits per heavy atom. The van der Waals surface area contributed by atoms with Gasteiger partial charge in [-0.15, -0.1) is 0 Å². The lowest BCUT2D eigenvalue weighted by molar-refractivity contribution is 0.0913. The molecular formula is C20H31N5O3. The number of rotatable bonds is 6. The summed E-state index contributed by atoms with van der Waals surface area (Å²) in [5, 5.41) is 6.12. The Bertz CT molecular complexity index is 684. The van der Waals surface area contributed by atoms with Gasteiger partial charge >= 0.3 is 6.09 Å². The molecule has 1 aliphatic heterocycles. The number of benzene rings is 1. The number of ether oxygens (including phenoxy) is 1. The number of guanidine groups is 1. The molecule has 0 spiro atoms. The molecule has 1 aliphatic rings. The van der Waals surface area contributed by atoms with Gasteiger partial charge in [-0.25, -0.2) is 9.79 Å². The lowest BCUT2D eigenvalue weighted by Crippen LogP contribution is -2.53. The van der Waals surface area contributed by atoms with Gasteiger partial charge in [0.1, 0.15) is 0 Å². The first-order chi connectivity index (χ1) is 13.6. The van der Waals surface area contributed by atoms with Gasteiger partial charge in [0, 0.05) is 44.8 Å². The van der Waals surface area contributed by atoms with Crippen molar-refractivity contribution in [2.24, 2.45) is 4.99 Å². The van der Waals surface area contributed by atoms with E-state index < -0.39 is 0 Å². The average Bonchev–Trinajstić information content (AvgIpc) is 2.72. The van der Waals surface area contributed by atoms with Gasteiger partial charge in [-0.05, 0) is 38.5 Å². The molecule has 1 aromatic rings. The second-order valence-electron chi connectivity index (χ2n) is 6.40. The van der Waals surface area contributed by atoms with Crippen LogP contribution < -0.4 is 10.6 Å². The molecule has 154 valence electrons. The molecule has 0 saturated carbocycles. The smallest absolute Gasteiger partial charge is 0.409 e. The SMILES string of the molecule is CCNC(=O)c1cccc(CN=C(NCC)N2CCN(C(=O)OCC)CC2)c1. The van der Waals surface area contributed by atoms with E-state index in [1.165, 1.54) is 0 Å². The number of hydrogen-bond donors (Lipinski definition) is 2. The maximum atomic E-state index is 12.0. The van der Waals surface area contributed by atoms with E-state index in [0.717, 1.165) is 18.1 Å². The molecule has 1 saturated heterocycles. The topological polar surface area (TPSA) is 86.3 Å². The van der Waals surface area contributed by atoms with Gasteiger partial charge in [0.2, 0.25) is 0 Å². The fourth-order valence-corrected chi connectivity index (χ4v) is 2.98. The molecule has 8 heteroatoms. The lowest BCUT2D eigenvalue weighted by atomic mass is 10.1. The summed E-state index contributed by atoms with van der Waals surface area (Å²) in [6.45, 7) is 10.6. The second kappa shape index (κ2) is 11.2. The Morgan fingerprint density at radius 2 is 1.71 bits per heavy atom. The predicted molar refractivity (Wildman–Crippen MR) is 109 cm³/mol. The predicted octanol–water partition coefficient (Wildman–Crippen LogP) is 1.68. The highest BCUT2D eigenvalue weighted by Crippen LogP contribution is 2.09. The fourth-order valence-electron chi connectivity index (χ4n) is 2.98. The van der Waals surface area contributed by atoms with Crippen LogP contribution in [0.4, 0.5) is 4.79 Å². The van der Waals surface area contributed by atoms with Gasteiger partial charge in [0.05, 0.1) is 13.2 Å². The minimum absolute atomic E-state index is 0.0738. The first kappa shape index (κ1) is 21.5. The third-order valence-electron chi connectivity index (χ3n) is 4.38. The highest BCUT2D eigenvalue weighted by atomic mass is 16.6. The van der Waals surface area contributed by atoms with Crippen molar-refractivity contribution in [3.63, 3.8) is 0 Å². The monoisotopic (exact) mass is 389 g/mol. The molecule has 0 aliphatic carbocycles. The number of nitrogens with one attached hydrogen (secondary N) is 2. The summed E-state index contributed by atoms with van der Waals surface area (Å²) in [5.74, 6) is 0.741. The second-order valence-corrected chi connectivity index (χ2v) is 6.40. The standard InChI is InChI=1S/C20H31N5O3/c1-4-21-18(26)17-9-7-8-16(14-17)15-23-19(22-5-2)24-10-12-25(13-11-24)20(27)28-6-3/h7-9,14H,4-6,10-13,15H2,1-3H3,(H,21,26)(H,22,23). The summed E-state index contributed by atoms with van der Waals surface area (Å²) < 4.78 is 5.07. The highest BCUT2D eigenvalue weighted by Gasteiger charge is 2.23. The van der Waals surface area contributed by atoms with E-state index in [1.54, 1.807) is 11.0 Å². The van der Waals surface area contributed by atoms with Crippen molar-refractivity contribution in [1.29, 1.82) is 0 Å². The lowest BCUT2D eigenvalue weighted by Gasteiger charge is -2.35. The number of nitrogens with zero attached hydrogens (tertiary/aromatic N) is 3. The van der Waals surface area contributed by atoms with E-state index in [2.05, 4.69) is 15.5 Å². The minimum Gasteiger partial charge on any atom is -0.450 e. The van der Waals surface area contributed by atoms with E-state index in [-0.39, 0.29) is 12.0 Å². The van der Waals surface area contributed by atoms with Crippen LogP contribution in [0.3, 0.4) is 0 Å². The summed E-state index contributed by atoms with van der Waals surface area (Å²) >= 11 is 0. The first-order valence-electron chi connectivity index (χ1n) is 9.91. The van der Waals surface area contributed by atoms with Crippen LogP contribution in [0, 0.1) is 0 Å². The van der Waals surface area contributed by atoms with Gasteiger partial charge in [-0.2, -0.15) is 0 Å². The normalized spacial score (nSPS) is 14.6. The molecule has 8 nitrogen and oxygen atoms in total. The first-order valence-corrected chi connectivity index (χ1v) is 9.91. The molecular weight excluding hydrogens is 358 g/mol. The van der Waals surface area contributed by atoms with Crippen molar-refractivity contribution in [3.05, 3.63) is 35.4 Å². The van der Waals surface area contributed by atoms with E-state index in [1.807, 2.05) is 39.0 Å². The Hall–Kier alpha value is -2.77. The summed E-state index contributed by atoms with van der Waals surface area (Å²) in [4.78, 5) is 32.5. The van der Waals surface area contributed by atoms with Gasteiger partial charge in [0.15, 0.2) is 5.96 Å². The fraction of sp³-hybridized carbons (Fsp3) is 0.550. The molecule has 2 rings (SSSR count). The zero-order valence-corrected chi connectivity index (χ0v) is 17.0. The van der Waals surface area contributed by atoms with Crippen LogP contribution in [-0.4, -0.2) is 73.6 Å². The maximum Gasteiger partial charge on any atom is 0.409 e. The molecule has 0 radical (unpaired) electrons. The number of piperazine rings is 1. The van der Waals surface area contributed by atoms with Crippen molar-refractivity contribution in [1.82, 2.24) is 20.4 Å². The van der Waals surface area contributed by atoms with Crippen LogP contribution in [0.15, 0.2) is 29.3 Å². The van der Waals surface area contributed by atoms with Crippen LogP contribution in [-0.2, 0) is 11.3 Å². The summed E-state index contributed by atoms with van der Waals surface area (Å²) in [7, 11) is 0. The summed E-state index contributed by atoms with van der Waals surface area (Å²) in [6.07, 6.45) is -0.258. The van der Waals surface area contributed by atoms with Gasteiger partial charge in [-0.1, -0.05) is 12.1 Å². The third kappa shape index (κ3) is 6.14. The van der Waals surface area contributed by atoms with Crippen LogP contribution in [0.1, 0.15) is 36.7 Å². The maximum absolute atomic E-state index is 12.0. The molecule has 2 N–H and O–H groups in total. The highest BCUT2D eigenvalue weighted by molar-refractivity contribution is 5.94. The average molecular weight is 390 g/mol. The van der Waals surface area contributed by atoms with Crippen LogP contribution in [0.5, 0.6) is 0 Å². The molecule has 0 bridgehead atoms. The van der Waals surface area contributed by atoms with Crippen LogP contribution in [0.25, 0.3) is 0 Å². The van der Waals surface area contributed by atoms with Gasteiger partial charge < -0.3 is 25.2 Å². The number of aliphatic imine (C=N–C) groups is 1. The minimum atomic E-state index is -0.258. The Kier molecular flexibility index (Phi) is 8.58. The number of carbonyl (C=O) groups is 2. The van der Waals surface area contributed by atoms with Crippen molar-refractivity contribution < 1.29 is 14.3 Å². The largest absolute Gasteiger partial charge is 0.450 e. The third-order valence-corrected chi connectivity index (χ3v) is 4.38. The molecule has 28 heavy (non-hydrogen) atoms. The summed E-state index contributed by atoms with van der Waals surface area (Å²) in [5.41, 5.74) is 1.62. The number of amides is 2. The molecule has 0 aromatic heterocycles. The zero-order valence-electron chi connectivity index (χ0n) is 17.0. The Labute approximate surface area is 166 Å². The molecule has 1 heterocycles. The van der Waals surface area contributed by atoms with E-state index in [4.69, 9.17) is 9.73 Å². The van der Waals surface area contributed by atoms with Crippen molar-refractivity contribution in [2.75, 3.05) is 45.9 Å². The van der Waals surface area contributed by atoms with Crippen molar-refractivity contribution >= 4 is 18.0 Å². The molecule has 2 amide bonds. The van der Waals surface area contributed by atoms with E-state index in [9.17, 15) is 9.59 Å². The quantitative estimate of drug-likeness (QED) is 0.571. The van der Waals surface area contributed by atoms with Crippen molar-refractivity contribution in [2.45, 2.75) is 27.3 Å². The van der Waals surface area contributed by atoms with Gasteiger partial charge in [-0.3, -0.25) is 4.79 Å². The Balaban J connectivity index is 2.00. The molecule has 0 atom stereocenters. The van der Waals surface area contributed by atoms with E-state index in [0.29, 0.717) is 51.4 Å². The zero-order chi connectivity index (χ0) is 20.4. The molecule has 1 aromatic carbocycles. The van der Waals surface area contributed by atoms with Crippen LogP contribution >= 0.6 is 0 Å². The molecule has 1 fully saturated rings. The van der Waals surface area contributed by atoms with Gasteiger partial charge in [0.25, 0.3) is 5.91 Å². The number of carbonyl (C=O) groups excluding carboxylic acids is 2. The Morgan fingerprint density at radius 1 is 1.04 bits per heavy atom. The summed E-state index contributed by atoms with van der Waals surface area (Å²) in [6, 6.07) is 7.52. The van der Waals surface area contributed by atoms with Crippen molar-refractivity contribution in [3.8, 4) is 0 Å².